The van der Waals surface area contributed by atoms with E-state index in [1.54, 1.807) is 35.5 Å². The summed E-state index contributed by atoms with van der Waals surface area (Å²) in [4.78, 5) is 14.9. The standard InChI is InChI=1S/C22H21N3O4.C16H21N3O4.C8H7N.2CH4/c1-2-16-4-3-5-17(12-16)25-22-18-13-20-21(14-19(18)23-15-24-22)29-11-9-27-7-6-26-8-10-28-20;1-19(2)12-18-14-10-16-15(9-13(14)11-17)22-7-5-20-3-4-21-6-8-23-16;1-2-7-4-3-5-8(9)6-7;;/h1,3-5,12-15H,6-11H2,(H,23,24,25);9-10,12H,3-8H2,1-2H3;1,3-6H,9H2;2*1H4. The minimum absolute atomic E-state index is 0. The van der Waals surface area contributed by atoms with Gasteiger partial charge in [-0.15, -0.1) is 12.8 Å². The number of nitrogens with two attached hydrogens (primary N) is 1. The molecule has 0 radical (unpaired) electrons. The Bertz CT molecular complexity index is 2340. The van der Waals surface area contributed by atoms with Crippen LogP contribution in [0.5, 0.6) is 23.0 Å². The van der Waals surface area contributed by atoms with Crippen molar-refractivity contribution in [1.29, 1.82) is 5.26 Å². The Labute approximate surface area is 371 Å². The molecule has 15 nitrogen and oxygen atoms in total. The fourth-order valence-corrected chi connectivity index (χ4v) is 5.48. The highest BCUT2D eigenvalue weighted by atomic mass is 16.6. The van der Waals surface area contributed by atoms with Gasteiger partial charge in [0.25, 0.3) is 0 Å². The maximum atomic E-state index is 9.32. The number of nitriles is 1. The van der Waals surface area contributed by atoms with Crippen LogP contribution in [0.2, 0.25) is 0 Å². The van der Waals surface area contributed by atoms with Crippen LogP contribution in [-0.4, -0.2) is 115 Å². The van der Waals surface area contributed by atoms with Gasteiger partial charge in [0, 0.05) is 60.2 Å². The summed E-state index contributed by atoms with van der Waals surface area (Å²) in [6.45, 7) is 5.56. The minimum Gasteiger partial charge on any atom is -0.487 e. The monoisotopic (exact) mass is 859 g/mol. The highest BCUT2D eigenvalue weighted by molar-refractivity contribution is 5.93. The maximum absolute atomic E-state index is 9.32. The molecule has 0 saturated carbocycles. The fourth-order valence-electron chi connectivity index (χ4n) is 5.48. The summed E-state index contributed by atoms with van der Waals surface area (Å²) in [5, 5.41) is 13.4. The number of ether oxygens (including phenoxy) is 8. The second-order valence-corrected chi connectivity index (χ2v) is 13.1. The van der Waals surface area contributed by atoms with E-state index in [1.165, 1.54) is 6.33 Å². The number of nitrogen functional groups attached to an aromatic ring is 1. The van der Waals surface area contributed by atoms with Crippen molar-refractivity contribution in [2.75, 3.05) is 104 Å². The van der Waals surface area contributed by atoms with Crippen LogP contribution in [0.3, 0.4) is 0 Å². The highest BCUT2D eigenvalue weighted by Gasteiger charge is 2.15. The first-order chi connectivity index (χ1) is 29.9. The second kappa shape index (κ2) is 27.7. The predicted molar refractivity (Wildman–Crippen MR) is 248 cm³/mol. The van der Waals surface area contributed by atoms with Gasteiger partial charge in [-0.1, -0.05) is 38.8 Å². The molecule has 0 aliphatic carbocycles. The van der Waals surface area contributed by atoms with Crippen molar-refractivity contribution in [1.82, 2.24) is 14.9 Å². The molecule has 0 unspecified atom stereocenters. The number of terminal acetylenes is 2. The number of hydrogen-bond donors (Lipinski definition) is 2. The van der Waals surface area contributed by atoms with Gasteiger partial charge in [0.2, 0.25) is 0 Å². The van der Waals surface area contributed by atoms with Crippen molar-refractivity contribution in [2.24, 2.45) is 4.99 Å². The molecule has 4 aromatic carbocycles. The third-order valence-corrected chi connectivity index (χ3v) is 8.34. The van der Waals surface area contributed by atoms with E-state index in [1.807, 2.05) is 62.6 Å². The molecule has 7 rings (SSSR count). The average Bonchev–Trinajstić information content (AvgIpc) is 3.26. The quantitative estimate of drug-likeness (QED) is 0.0799. The molecule has 1 aromatic heterocycles. The molecule has 2 aliphatic rings. The molecule has 0 spiro atoms. The molecule has 0 fully saturated rings. The van der Waals surface area contributed by atoms with E-state index in [-0.39, 0.29) is 14.9 Å². The average molecular weight is 860 g/mol. The molecule has 3 N–H and O–H groups in total. The molecule has 0 amide bonds. The number of nitrogens with zero attached hydrogens (tertiary/aromatic N) is 5. The van der Waals surface area contributed by atoms with Crippen LogP contribution in [0.25, 0.3) is 10.9 Å². The summed E-state index contributed by atoms with van der Waals surface area (Å²) in [5.41, 5.74) is 10.3. The Morgan fingerprint density at radius 3 is 1.70 bits per heavy atom. The number of aromatic nitrogens is 2. The zero-order valence-corrected chi connectivity index (χ0v) is 34.3. The van der Waals surface area contributed by atoms with Gasteiger partial charge in [-0.05, 0) is 42.5 Å². The lowest BCUT2D eigenvalue weighted by molar-refractivity contribution is 0.0223. The molecular weight excluding hydrogens is 803 g/mol. The fraction of sp³-hybridized carbons (Fsp3) is 0.333. The van der Waals surface area contributed by atoms with Crippen LogP contribution < -0.4 is 30.0 Å². The molecule has 3 heterocycles. The molecule has 0 atom stereocenters. The molecule has 2 aliphatic heterocycles. The Morgan fingerprint density at radius 1 is 0.667 bits per heavy atom. The van der Waals surface area contributed by atoms with Crippen molar-refractivity contribution in [3.05, 3.63) is 95.8 Å². The highest BCUT2D eigenvalue weighted by Crippen LogP contribution is 2.36. The Morgan fingerprint density at radius 2 is 1.17 bits per heavy atom. The van der Waals surface area contributed by atoms with Gasteiger partial charge in [0.05, 0.1) is 76.0 Å². The van der Waals surface area contributed by atoms with E-state index in [4.69, 9.17) is 56.5 Å². The first-order valence-corrected chi connectivity index (χ1v) is 19.4. The number of aliphatic imine (C=N–C) groups is 1. The maximum Gasteiger partial charge on any atom is 0.163 e. The SMILES string of the molecule is C.C.C#Cc1cccc(N)c1.C#Cc1cccc(Nc2ncnc3cc4c(cc23)OCCOCCOCCO4)c1.CN(C)C=Nc1cc2c(cc1C#N)OCCOCCOCCO2. The van der Waals surface area contributed by atoms with Gasteiger partial charge in [0.15, 0.2) is 23.0 Å². The summed E-state index contributed by atoms with van der Waals surface area (Å²) < 4.78 is 44.9. The lowest BCUT2D eigenvalue weighted by Gasteiger charge is -2.16. The molecule has 5 aromatic rings. The van der Waals surface area contributed by atoms with Gasteiger partial charge >= 0.3 is 0 Å². The summed E-state index contributed by atoms with van der Waals surface area (Å²) in [6.07, 6.45) is 13.8. The van der Waals surface area contributed by atoms with E-state index in [2.05, 4.69) is 38.2 Å². The van der Waals surface area contributed by atoms with Gasteiger partial charge in [0.1, 0.15) is 44.6 Å². The number of fused-ring (bicyclic) bond motifs is 3. The van der Waals surface area contributed by atoms with Gasteiger partial charge in [-0.2, -0.15) is 5.26 Å². The number of nitrogens with one attached hydrogen (secondary N) is 1. The van der Waals surface area contributed by atoms with Crippen LogP contribution in [0.4, 0.5) is 22.9 Å². The minimum atomic E-state index is 0. The summed E-state index contributed by atoms with van der Waals surface area (Å²) >= 11 is 0. The third kappa shape index (κ3) is 16.7. The molecule has 332 valence electrons. The summed E-state index contributed by atoms with van der Waals surface area (Å²) in [7, 11) is 3.72. The van der Waals surface area contributed by atoms with Crippen LogP contribution in [0.1, 0.15) is 31.5 Å². The van der Waals surface area contributed by atoms with E-state index >= 15 is 0 Å². The Kier molecular flexibility index (Phi) is 22.1. The number of hydrogen-bond acceptors (Lipinski definition) is 14. The zero-order valence-electron chi connectivity index (χ0n) is 34.3. The Balaban J connectivity index is 0.000000278. The lowest BCUT2D eigenvalue weighted by Crippen LogP contribution is -2.15. The predicted octanol–water partition coefficient (Wildman–Crippen LogP) is 7.27. The third-order valence-electron chi connectivity index (χ3n) is 8.34. The molecule has 0 saturated heterocycles. The number of benzene rings is 4. The van der Waals surface area contributed by atoms with E-state index in [0.717, 1.165) is 27.7 Å². The van der Waals surface area contributed by atoms with Crippen LogP contribution in [0.15, 0.2) is 84.1 Å². The Hall–Kier alpha value is -7.06. The second-order valence-electron chi connectivity index (χ2n) is 13.1. The zero-order chi connectivity index (χ0) is 43.1. The first kappa shape index (κ1) is 50.3. The van der Waals surface area contributed by atoms with Crippen LogP contribution in [-0.2, 0) is 18.9 Å². The van der Waals surface area contributed by atoms with Gasteiger partial charge < -0.3 is 53.8 Å². The molecule has 0 bridgehead atoms. The number of anilines is 3. The smallest absolute Gasteiger partial charge is 0.163 e. The normalized spacial score (nSPS) is 14.0. The molecular formula is C48H57N7O8. The van der Waals surface area contributed by atoms with Crippen molar-refractivity contribution in [2.45, 2.75) is 14.9 Å². The van der Waals surface area contributed by atoms with Crippen molar-refractivity contribution in [3.63, 3.8) is 0 Å². The van der Waals surface area contributed by atoms with E-state index < -0.39 is 0 Å². The van der Waals surface area contributed by atoms with E-state index in [9.17, 15) is 5.26 Å². The lowest BCUT2D eigenvalue weighted by atomic mass is 10.1. The first-order valence-electron chi connectivity index (χ1n) is 19.4. The summed E-state index contributed by atoms with van der Waals surface area (Å²) in [5.74, 6) is 8.04. The van der Waals surface area contributed by atoms with Crippen molar-refractivity contribution < 1.29 is 37.9 Å². The molecule has 63 heavy (non-hydrogen) atoms. The summed E-state index contributed by atoms with van der Waals surface area (Å²) in [6, 6.07) is 24.1. The van der Waals surface area contributed by atoms with Crippen molar-refractivity contribution in [3.8, 4) is 53.8 Å². The number of rotatable bonds is 4. The van der Waals surface area contributed by atoms with Gasteiger partial charge in [-0.25, -0.2) is 15.0 Å². The van der Waals surface area contributed by atoms with E-state index in [0.29, 0.717) is 125 Å². The van der Waals surface area contributed by atoms with Crippen LogP contribution >= 0.6 is 0 Å². The van der Waals surface area contributed by atoms with Gasteiger partial charge in [-0.3, -0.25) is 0 Å². The largest absolute Gasteiger partial charge is 0.487 e. The van der Waals surface area contributed by atoms with Crippen LogP contribution in [0, 0.1) is 36.0 Å². The topological polar surface area (TPSA) is 177 Å². The molecule has 15 heteroatoms. The van der Waals surface area contributed by atoms with Crippen molar-refractivity contribution >= 4 is 40.1 Å².